The van der Waals surface area contributed by atoms with Gasteiger partial charge in [0, 0.05) is 6.54 Å². The second kappa shape index (κ2) is 4.71. The van der Waals surface area contributed by atoms with Crippen LogP contribution < -0.4 is 4.90 Å². The fraction of sp³-hybridized carbons (Fsp3) is 0.364. The molecule has 1 saturated heterocycles. The summed E-state index contributed by atoms with van der Waals surface area (Å²) in [5.41, 5.74) is 0.0712. The Hall–Kier alpha value is -2.22. The zero-order valence-electron chi connectivity index (χ0n) is 10.2. The van der Waals surface area contributed by atoms with Crippen LogP contribution in [-0.4, -0.2) is 32.9 Å². The maximum Gasteiger partial charge on any atom is 0.423 e. The molecular weight excluding hydrogens is 288 g/mol. The summed E-state index contributed by atoms with van der Waals surface area (Å²) in [5.74, 6) is 0.130. The van der Waals surface area contributed by atoms with E-state index in [1.165, 1.54) is 6.07 Å². The van der Waals surface area contributed by atoms with E-state index in [9.17, 15) is 14.9 Å². The van der Waals surface area contributed by atoms with E-state index >= 15 is 0 Å². The number of hydrogen-bond acceptors (Lipinski definition) is 7. The monoisotopic (exact) mass is 296 g/mol. The van der Waals surface area contributed by atoms with Crippen LogP contribution in [0.4, 0.5) is 11.6 Å². The van der Waals surface area contributed by atoms with Crippen molar-refractivity contribution in [1.82, 2.24) is 10.1 Å². The lowest BCUT2D eigenvalue weighted by atomic mass is 10.2. The molecule has 0 aliphatic carbocycles. The van der Waals surface area contributed by atoms with Gasteiger partial charge in [-0.1, -0.05) is 0 Å². The molecule has 0 aromatic carbocycles. The van der Waals surface area contributed by atoms with Crippen LogP contribution in [0.25, 0.3) is 11.1 Å². The molecule has 20 heavy (non-hydrogen) atoms. The van der Waals surface area contributed by atoms with Gasteiger partial charge in [-0.25, -0.2) is 4.52 Å². The van der Waals surface area contributed by atoms with Gasteiger partial charge in [0.25, 0.3) is 5.71 Å². The number of nitro groups is 1. The molecule has 1 fully saturated rings. The number of halogens is 1. The highest BCUT2D eigenvalue weighted by molar-refractivity contribution is 6.65. The molecular formula is C11H9ClN4O4. The third kappa shape index (κ3) is 1.97. The highest BCUT2D eigenvalue weighted by Crippen LogP contribution is 2.29. The normalized spacial score (nSPS) is 18.6. The lowest BCUT2D eigenvalue weighted by Crippen LogP contribution is -2.34. The van der Waals surface area contributed by atoms with Gasteiger partial charge in [0.05, 0.1) is 0 Å². The van der Waals surface area contributed by atoms with Crippen LogP contribution in [-0.2, 0) is 4.79 Å². The standard InChI is InChI=1S/C11H9ClN4O4/c12-9(17)7-2-1-5-15(7)8-4-3-6-10(16(18)19)14-20-11(6)13-8/h3-4,7H,1-2,5H2/t7-/m0/s1. The van der Waals surface area contributed by atoms with Gasteiger partial charge in [0.1, 0.15) is 17.2 Å². The molecule has 0 N–H and O–H groups in total. The van der Waals surface area contributed by atoms with Crippen LogP contribution in [0.5, 0.6) is 0 Å². The Morgan fingerprint density at radius 3 is 3.05 bits per heavy atom. The summed E-state index contributed by atoms with van der Waals surface area (Å²) in [5, 5.41) is 13.9. The highest BCUT2D eigenvalue weighted by atomic mass is 35.5. The topological polar surface area (TPSA) is 102 Å². The third-order valence-electron chi connectivity index (χ3n) is 3.29. The summed E-state index contributed by atoms with van der Waals surface area (Å²) in [6.45, 7) is 0.651. The highest BCUT2D eigenvalue weighted by Gasteiger charge is 2.31. The zero-order chi connectivity index (χ0) is 14.3. The summed E-state index contributed by atoms with van der Waals surface area (Å²) in [6, 6.07) is 2.70. The van der Waals surface area contributed by atoms with Crippen LogP contribution in [0.15, 0.2) is 16.7 Å². The van der Waals surface area contributed by atoms with Crippen molar-refractivity contribution in [1.29, 1.82) is 0 Å². The molecule has 3 heterocycles. The van der Waals surface area contributed by atoms with E-state index in [-0.39, 0.29) is 16.9 Å². The number of nitrogens with zero attached hydrogens (tertiary/aromatic N) is 4. The fourth-order valence-corrected chi connectivity index (χ4v) is 2.60. The first-order chi connectivity index (χ1) is 9.58. The molecule has 0 spiro atoms. The number of carbonyl (C=O) groups is 1. The minimum atomic E-state index is -0.631. The molecule has 2 aromatic rings. The molecule has 0 amide bonds. The van der Waals surface area contributed by atoms with Gasteiger partial charge >= 0.3 is 5.82 Å². The second-order valence-corrected chi connectivity index (χ2v) is 4.81. The number of fused-ring (bicyclic) bond motifs is 1. The molecule has 1 aliphatic rings. The van der Waals surface area contributed by atoms with Crippen molar-refractivity contribution >= 4 is 39.6 Å². The van der Waals surface area contributed by atoms with Gasteiger partial charge in [-0.15, -0.1) is 0 Å². The molecule has 0 bridgehead atoms. The average Bonchev–Trinajstić information content (AvgIpc) is 3.04. The maximum absolute atomic E-state index is 11.4. The van der Waals surface area contributed by atoms with E-state index in [0.29, 0.717) is 18.8 Å². The lowest BCUT2D eigenvalue weighted by molar-refractivity contribution is -0.389. The van der Waals surface area contributed by atoms with E-state index in [2.05, 4.69) is 10.1 Å². The number of hydrogen-bond donors (Lipinski definition) is 0. The van der Waals surface area contributed by atoms with Crippen molar-refractivity contribution in [3.8, 4) is 0 Å². The predicted octanol–water partition coefficient (Wildman–Crippen LogP) is 1.87. The van der Waals surface area contributed by atoms with Crippen LogP contribution >= 0.6 is 11.6 Å². The summed E-state index contributed by atoms with van der Waals surface area (Å²) < 4.78 is 4.86. The zero-order valence-corrected chi connectivity index (χ0v) is 10.9. The quantitative estimate of drug-likeness (QED) is 0.484. The van der Waals surface area contributed by atoms with Gasteiger partial charge in [-0.2, -0.15) is 4.98 Å². The number of carbonyl (C=O) groups excluding carboxylic acids is 1. The van der Waals surface area contributed by atoms with Crippen molar-refractivity contribution in [2.24, 2.45) is 0 Å². The van der Waals surface area contributed by atoms with Gasteiger partial charge in [0.2, 0.25) is 5.24 Å². The Morgan fingerprint density at radius 2 is 2.35 bits per heavy atom. The molecule has 8 nitrogen and oxygen atoms in total. The van der Waals surface area contributed by atoms with Crippen LogP contribution in [0.2, 0.25) is 0 Å². The number of rotatable bonds is 3. The fourth-order valence-electron chi connectivity index (χ4n) is 2.37. The Balaban J connectivity index is 2.01. The summed E-state index contributed by atoms with van der Waals surface area (Å²) >= 11 is 5.56. The summed E-state index contributed by atoms with van der Waals surface area (Å²) in [4.78, 5) is 27.4. The van der Waals surface area contributed by atoms with Gasteiger partial charge < -0.3 is 15.0 Å². The summed E-state index contributed by atoms with van der Waals surface area (Å²) in [6.07, 6.45) is 1.50. The molecule has 0 radical (unpaired) electrons. The Kier molecular flexibility index (Phi) is 3.01. The maximum atomic E-state index is 11.4. The van der Waals surface area contributed by atoms with Crippen molar-refractivity contribution < 1.29 is 14.2 Å². The largest absolute Gasteiger partial charge is 0.423 e. The third-order valence-corrected chi connectivity index (χ3v) is 3.54. The lowest BCUT2D eigenvalue weighted by Gasteiger charge is -2.22. The first kappa shape index (κ1) is 12.8. The van der Waals surface area contributed by atoms with Gasteiger partial charge in [-0.05, 0) is 41.5 Å². The number of anilines is 1. The molecule has 1 aliphatic heterocycles. The molecule has 2 aromatic heterocycles. The smallest absolute Gasteiger partial charge is 0.358 e. The van der Waals surface area contributed by atoms with E-state index < -0.39 is 16.2 Å². The molecule has 0 saturated carbocycles. The second-order valence-electron chi connectivity index (χ2n) is 4.44. The number of pyridine rings is 1. The first-order valence-corrected chi connectivity index (χ1v) is 6.32. The van der Waals surface area contributed by atoms with E-state index in [1.807, 2.05) is 0 Å². The Morgan fingerprint density at radius 1 is 1.55 bits per heavy atom. The molecule has 104 valence electrons. The van der Waals surface area contributed by atoms with E-state index in [4.69, 9.17) is 16.1 Å². The van der Waals surface area contributed by atoms with Crippen molar-refractivity contribution in [2.75, 3.05) is 11.4 Å². The van der Waals surface area contributed by atoms with Crippen molar-refractivity contribution in [2.45, 2.75) is 18.9 Å². The minimum Gasteiger partial charge on any atom is -0.358 e. The van der Waals surface area contributed by atoms with Crippen LogP contribution in [0, 0.1) is 10.1 Å². The van der Waals surface area contributed by atoms with Crippen LogP contribution in [0.1, 0.15) is 12.8 Å². The SMILES string of the molecule is O=C(Cl)[C@@H]1CCCN1c1ccc2c([N+](=O)[O-])noc2n1. The van der Waals surface area contributed by atoms with Crippen molar-refractivity contribution in [3.63, 3.8) is 0 Å². The average molecular weight is 297 g/mol. The van der Waals surface area contributed by atoms with Crippen molar-refractivity contribution in [3.05, 3.63) is 22.2 Å². The van der Waals surface area contributed by atoms with Gasteiger partial charge in [0.15, 0.2) is 5.16 Å². The Bertz CT molecular complexity index is 701. The first-order valence-electron chi connectivity index (χ1n) is 5.95. The predicted molar refractivity (Wildman–Crippen MR) is 69.7 cm³/mol. The van der Waals surface area contributed by atoms with Gasteiger partial charge in [-0.3, -0.25) is 4.79 Å². The molecule has 3 rings (SSSR count). The van der Waals surface area contributed by atoms with E-state index in [0.717, 1.165) is 6.42 Å². The van der Waals surface area contributed by atoms with Crippen LogP contribution in [0.3, 0.4) is 0 Å². The number of aromatic nitrogens is 2. The molecule has 0 unspecified atom stereocenters. The molecule has 1 atom stereocenters. The minimum absolute atomic E-state index is 0.0712. The summed E-state index contributed by atoms with van der Waals surface area (Å²) in [7, 11) is 0. The Labute approximate surface area is 117 Å². The van der Waals surface area contributed by atoms with E-state index in [1.54, 1.807) is 11.0 Å². The molecule has 9 heteroatoms.